The van der Waals surface area contributed by atoms with Gasteiger partial charge in [0.15, 0.2) is 0 Å². The molecule has 0 unspecified atom stereocenters. The van der Waals surface area contributed by atoms with Gasteiger partial charge in [0.2, 0.25) is 0 Å². The molecule has 0 amide bonds. The lowest BCUT2D eigenvalue weighted by molar-refractivity contribution is -0.118. The molecule has 0 saturated carbocycles. The van der Waals surface area contributed by atoms with Gasteiger partial charge in [-0.2, -0.15) is 0 Å². The van der Waals surface area contributed by atoms with E-state index in [2.05, 4.69) is 67.6 Å². The minimum Gasteiger partial charge on any atom is -0.299 e. The van der Waals surface area contributed by atoms with Crippen molar-refractivity contribution in [1.82, 2.24) is 0 Å². The topological polar surface area (TPSA) is 17.1 Å². The summed E-state index contributed by atoms with van der Waals surface area (Å²) in [6.07, 6.45) is 2.08. The van der Waals surface area contributed by atoms with Crippen molar-refractivity contribution in [3.05, 3.63) is 72.3 Å². The second kappa shape index (κ2) is 6.57. The van der Waals surface area contributed by atoms with E-state index in [0.717, 1.165) is 12.0 Å². The first kappa shape index (κ1) is 14.5. The lowest BCUT2D eigenvalue weighted by atomic mass is 9.90. The molecular formula is C21H20O. The monoisotopic (exact) mass is 288 g/mol. The van der Waals surface area contributed by atoms with Gasteiger partial charge < -0.3 is 0 Å². The van der Waals surface area contributed by atoms with Gasteiger partial charge in [-0.25, -0.2) is 0 Å². The van der Waals surface area contributed by atoms with E-state index in [-0.39, 0.29) is 0 Å². The Morgan fingerprint density at radius 1 is 0.864 bits per heavy atom. The predicted molar refractivity (Wildman–Crippen MR) is 93.0 cm³/mol. The molecule has 0 heterocycles. The van der Waals surface area contributed by atoms with Crippen molar-refractivity contribution in [2.45, 2.75) is 26.2 Å². The number of carbonyl (C=O) groups excluding carboxylic acids is 1. The normalized spacial score (nSPS) is 10.8. The third-order valence-corrected chi connectivity index (χ3v) is 3.99. The van der Waals surface area contributed by atoms with E-state index in [1.54, 1.807) is 0 Å². The number of benzene rings is 3. The minimum atomic E-state index is 0.315. The number of hydrogen-bond acceptors (Lipinski definition) is 1. The maximum Gasteiger partial charge on any atom is 0.137 e. The van der Waals surface area contributed by atoms with Crippen LogP contribution in [0.1, 0.15) is 25.3 Å². The van der Waals surface area contributed by atoms with E-state index in [9.17, 15) is 4.79 Å². The van der Waals surface area contributed by atoms with Gasteiger partial charge in [0.1, 0.15) is 5.78 Å². The zero-order valence-electron chi connectivity index (χ0n) is 12.9. The van der Waals surface area contributed by atoms with Gasteiger partial charge in [-0.05, 0) is 33.9 Å². The number of fused-ring (bicyclic) bond motifs is 1. The fourth-order valence-electron chi connectivity index (χ4n) is 2.99. The second-order valence-electron chi connectivity index (χ2n) is 5.65. The molecule has 0 spiro atoms. The van der Waals surface area contributed by atoms with Crippen LogP contribution in [0.5, 0.6) is 0 Å². The maximum atomic E-state index is 12.1. The van der Waals surface area contributed by atoms with Crippen LogP contribution in [0.15, 0.2) is 66.7 Å². The van der Waals surface area contributed by atoms with E-state index >= 15 is 0 Å². The molecule has 3 aromatic carbocycles. The SMILES string of the molecule is CCCC(=O)Cc1ccc2ccccc2c1-c1ccccc1. The molecule has 3 rings (SSSR count). The Morgan fingerprint density at radius 3 is 2.36 bits per heavy atom. The first-order chi connectivity index (χ1) is 10.8. The summed E-state index contributed by atoms with van der Waals surface area (Å²) in [6, 6.07) is 23.0. The lowest BCUT2D eigenvalue weighted by Gasteiger charge is -2.13. The summed E-state index contributed by atoms with van der Waals surface area (Å²) in [6.45, 7) is 2.05. The third kappa shape index (κ3) is 2.94. The zero-order valence-corrected chi connectivity index (χ0v) is 12.9. The van der Waals surface area contributed by atoms with E-state index in [4.69, 9.17) is 0 Å². The Kier molecular flexibility index (Phi) is 4.34. The van der Waals surface area contributed by atoms with Crippen molar-refractivity contribution >= 4 is 16.6 Å². The van der Waals surface area contributed by atoms with Crippen LogP contribution in [-0.4, -0.2) is 5.78 Å². The Hall–Kier alpha value is -2.41. The highest BCUT2D eigenvalue weighted by Gasteiger charge is 2.12. The molecule has 0 aliphatic rings. The Balaban J connectivity index is 2.17. The summed E-state index contributed by atoms with van der Waals surface area (Å²) in [7, 11) is 0. The molecule has 1 nitrogen and oxygen atoms in total. The molecule has 3 aromatic rings. The van der Waals surface area contributed by atoms with Crippen LogP contribution in [-0.2, 0) is 11.2 Å². The molecule has 0 saturated heterocycles. The summed E-state index contributed by atoms with van der Waals surface area (Å²) in [5.41, 5.74) is 3.50. The molecule has 0 N–H and O–H groups in total. The van der Waals surface area contributed by atoms with E-state index < -0.39 is 0 Å². The van der Waals surface area contributed by atoms with Crippen LogP contribution in [0.4, 0.5) is 0 Å². The quantitative estimate of drug-likeness (QED) is 0.612. The van der Waals surface area contributed by atoms with Crippen molar-refractivity contribution in [1.29, 1.82) is 0 Å². The zero-order chi connectivity index (χ0) is 15.4. The van der Waals surface area contributed by atoms with Crippen molar-refractivity contribution in [2.75, 3.05) is 0 Å². The standard InChI is InChI=1S/C21H20O/c1-2-8-19(22)15-18-14-13-16-9-6-7-12-20(16)21(18)17-10-4-3-5-11-17/h3-7,9-14H,2,8,15H2,1H3. The van der Waals surface area contributed by atoms with Crippen LogP contribution in [0.3, 0.4) is 0 Å². The lowest BCUT2D eigenvalue weighted by Crippen LogP contribution is -2.03. The van der Waals surface area contributed by atoms with Crippen LogP contribution in [0, 0.1) is 0 Å². The van der Waals surface area contributed by atoms with Gasteiger partial charge in [-0.1, -0.05) is 73.7 Å². The first-order valence-electron chi connectivity index (χ1n) is 7.87. The fourth-order valence-corrected chi connectivity index (χ4v) is 2.99. The summed E-state index contributed by atoms with van der Waals surface area (Å²) >= 11 is 0. The average Bonchev–Trinajstić information content (AvgIpc) is 2.55. The average molecular weight is 288 g/mol. The van der Waals surface area contributed by atoms with Gasteiger partial charge in [0, 0.05) is 12.8 Å². The number of rotatable bonds is 5. The third-order valence-electron chi connectivity index (χ3n) is 3.99. The highest BCUT2D eigenvalue weighted by Crippen LogP contribution is 2.32. The highest BCUT2D eigenvalue weighted by molar-refractivity contribution is 5.99. The van der Waals surface area contributed by atoms with Crippen LogP contribution >= 0.6 is 0 Å². The number of Topliss-reactive ketones (excluding diaryl/α,β-unsaturated/α-hetero) is 1. The van der Waals surface area contributed by atoms with Gasteiger partial charge >= 0.3 is 0 Å². The summed E-state index contributed by atoms with van der Waals surface area (Å²) < 4.78 is 0. The fraction of sp³-hybridized carbons (Fsp3) is 0.190. The number of hydrogen-bond donors (Lipinski definition) is 0. The van der Waals surface area contributed by atoms with E-state index in [1.807, 2.05) is 6.07 Å². The largest absolute Gasteiger partial charge is 0.299 e. The molecule has 22 heavy (non-hydrogen) atoms. The molecule has 0 fully saturated rings. The molecule has 0 aliphatic heterocycles. The Morgan fingerprint density at radius 2 is 1.59 bits per heavy atom. The number of carbonyl (C=O) groups is 1. The van der Waals surface area contributed by atoms with Crippen molar-refractivity contribution < 1.29 is 4.79 Å². The molecule has 0 atom stereocenters. The number of ketones is 1. The predicted octanol–water partition coefficient (Wildman–Crippen LogP) is 5.42. The first-order valence-corrected chi connectivity index (χ1v) is 7.87. The van der Waals surface area contributed by atoms with Crippen molar-refractivity contribution in [3.63, 3.8) is 0 Å². The van der Waals surface area contributed by atoms with Crippen LogP contribution in [0.2, 0.25) is 0 Å². The summed E-state index contributed by atoms with van der Waals surface area (Å²) in [5, 5.41) is 2.43. The smallest absolute Gasteiger partial charge is 0.137 e. The molecule has 1 heteroatoms. The maximum absolute atomic E-state index is 12.1. The molecule has 0 aromatic heterocycles. The van der Waals surface area contributed by atoms with Gasteiger partial charge in [-0.15, -0.1) is 0 Å². The van der Waals surface area contributed by atoms with E-state index in [0.29, 0.717) is 18.6 Å². The molecular weight excluding hydrogens is 268 g/mol. The minimum absolute atomic E-state index is 0.315. The molecule has 110 valence electrons. The summed E-state index contributed by atoms with van der Waals surface area (Å²) in [4.78, 5) is 12.1. The molecule has 0 bridgehead atoms. The van der Waals surface area contributed by atoms with Gasteiger partial charge in [0.05, 0.1) is 0 Å². The second-order valence-corrected chi connectivity index (χ2v) is 5.65. The Labute approximate surface area is 131 Å². The van der Waals surface area contributed by atoms with Crippen LogP contribution in [0.25, 0.3) is 21.9 Å². The van der Waals surface area contributed by atoms with Crippen molar-refractivity contribution in [3.8, 4) is 11.1 Å². The van der Waals surface area contributed by atoms with Crippen LogP contribution < -0.4 is 0 Å². The summed E-state index contributed by atoms with van der Waals surface area (Å²) in [5.74, 6) is 0.315. The molecule has 0 radical (unpaired) electrons. The van der Waals surface area contributed by atoms with E-state index in [1.165, 1.54) is 21.9 Å². The van der Waals surface area contributed by atoms with Gasteiger partial charge in [-0.3, -0.25) is 4.79 Å². The molecule has 0 aliphatic carbocycles. The highest BCUT2D eigenvalue weighted by atomic mass is 16.1. The Bertz CT molecular complexity index is 787. The van der Waals surface area contributed by atoms with Crippen molar-refractivity contribution in [2.24, 2.45) is 0 Å². The van der Waals surface area contributed by atoms with Gasteiger partial charge in [0.25, 0.3) is 0 Å².